The number of hydrogen-bond donors (Lipinski definition) is 1. The van der Waals surface area contributed by atoms with Crippen molar-refractivity contribution < 1.29 is 5.11 Å². The molecule has 0 radical (unpaired) electrons. The summed E-state index contributed by atoms with van der Waals surface area (Å²) >= 11 is 0. The van der Waals surface area contributed by atoms with Crippen LogP contribution in [0.25, 0.3) is 0 Å². The highest BCUT2D eigenvalue weighted by Crippen LogP contribution is 1.96. The van der Waals surface area contributed by atoms with Crippen LogP contribution in [0.5, 0.6) is 0 Å². The smallest absolute Gasteiger partial charge is 0.0431 e. The van der Waals surface area contributed by atoms with E-state index in [0.29, 0.717) is 6.61 Å². The Bertz CT molecular complexity index is 72.9. The van der Waals surface area contributed by atoms with Gasteiger partial charge in [0.1, 0.15) is 0 Å². The van der Waals surface area contributed by atoms with E-state index in [4.69, 9.17) is 5.11 Å². The van der Waals surface area contributed by atoms with Crippen LogP contribution in [-0.2, 0) is 0 Å². The molecule has 0 heterocycles. The van der Waals surface area contributed by atoms with Gasteiger partial charge in [-0.25, -0.2) is 0 Å². The molecule has 0 aliphatic rings. The lowest BCUT2D eigenvalue weighted by molar-refractivity contribution is 0.283. The first kappa shape index (κ1) is 16.4. The minimum Gasteiger partial charge on any atom is -0.396 e. The van der Waals surface area contributed by atoms with Crippen LogP contribution in [0, 0.1) is 0 Å². The second kappa shape index (κ2) is 15.4. The monoisotopic (exact) mass is 203 g/mol. The van der Waals surface area contributed by atoms with Crippen molar-refractivity contribution in [2.45, 2.75) is 53.4 Å². The van der Waals surface area contributed by atoms with Crippen molar-refractivity contribution >= 4 is 0 Å². The van der Waals surface area contributed by atoms with Crippen LogP contribution in [0.3, 0.4) is 0 Å². The summed E-state index contributed by atoms with van der Waals surface area (Å²) in [6.07, 6.45) is 4.68. The Kier molecular flexibility index (Phi) is 18.0. The van der Waals surface area contributed by atoms with Gasteiger partial charge in [0.15, 0.2) is 0 Å². The Morgan fingerprint density at radius 2 is 1.29 bits per heavy atom. The van der Waals surface area contributed by atoms with Crippen molar-refractivity contribution in [2.75, 3.05) is 26.2 Å². The van der Waals surface area contributed by atoms with Gasteiger partial charge in [-0.3, -0.25) is 0 Å². The normalized spacial score (nSPS) is 9.86. The van der Waals surface area contributed by atoms with Gasteiger partial charge in [-0.1, -0.05) is 47.0 Å². The van der Waals surface area contributed by atoms with E-state index in [1.165, 1.54) is 38.9 Å². The lowest BCUT2D eigenvalue weighted by Gasteiger charge is -2.13. The zero-order valence-corrected chi connectivity index (χ0v) is 10.6. The molecular weight excluding hydrogens is 174 g/mol. The Balaban J connectivity index is 0. The summed E-state index contributed by atoms with van der Waals surface area (Å²) in [4.78, 5) is 2.38. The fraction of sp³-hybridized carbons (Fsp3) is 1.00. The van der Waals surface area contributed by atoms with Gasteiger partial charge in [-0.2, -0.15) is 0 Å². The van der Waals surface area contributed by atoms with Gasteiger partial charge in [-0.05, 0) is 26.1 Å². The number of nitrogens with zero attached hydrogens (tertiary/aromatic N) is 1. The van der Waals surface area contributed by atoms with E-state index in [1.54, 1.807) is 0 Å². The van der Waals surface area contributed by atoms with Gasteiger partial charge >= 0.3 is 0 Å². The van der Waals surface area contributed by atoms with Gasteiger partial charge in [0.25, 0.3) is 0 Å². The van der Waals surface area contributed by atoms with Crippen molar-refractivity contribution in [1.29, 1.82) is 0 Å². The minimum atomic E-state index is 0.361. The Morgan fingerprint density at radius 3 is 1.50 bits per heavy atom. The third-order valence-electron chi connectivity index (χ3n) is 2.35. The molecule has 0 aliphatic heterocycles. The molecular formula is C12H29NO. The van der Waals surface area contributed by atoms with E-state index in [-0.39, 0.29) is 0 Å². The zero-order valence-electron chi connectivity index (χ0n) is 10.6. The average molecular weight is 203 g/mol. The predicted molar refractivity (Wildman–Crippen MR) is 64.7 cm³/mol. The maximum Gasteiger partial charge on any atom is 0.0431 e. The number of unbranched alkanes of at least 4 members (excludes halogenated alkanes) is 3. The van der Waals surface area contributed by atoms with Crippen molar-refractivity contribution in [3.63, 3.8) is 0 Å². The first-order valence-electron chi connectivity index (χ1n) is 6.09. The van der Waals surface area contributed by atoms with Gasteiger partial charge in [-0.15, -0.1) is 0 Å². The van der Waals surface area contributed by atoms with Gasteiger partial charge in [0.2, 0.25) is 0 Å². The van der Waals surface area contributed by atoms with Gasteiger partial charge in [0, 0.05) is 6.61 Å². The quantitative estimate of drug-likeness (QED) is 0.643. The topological polar surface area (TPSA) is 23.5 Å². The Labute approximate surface area is 90.3 Å². The van der Waals surface area contributed by atoms with Crippen LogP contribution >= 0.6 is 0 Å². The van der Waals surface area contributed by atoms with Crippen LogP contribution in [0.2, 0.25) is 0 Å². The second-order valence-corrected chi connectivity index (χ2v) is 3.40. The van der Waals surface area contributed by atoms with E-state index in [2.05, 4.69) is 32.6 Å². The molecule has 0 rings (SSSR count). The molecule has 0 spiro atoms. The molecule has 0 aromatic rings. The molecule has 2 heteroatoms. The third-order valence-corrected chi connectivity index (χ3v) is 2.35. The molecule has 0 unspecified atom stereocenters. The number of rotatable bonds is 7. The van der Waals surface area contributed by atoms with Crippen LogP contribution in [-0.4, -0.2) is 36.2 Å². The molecule has 0 fully saturated rings. The fourth-order valence-corrected chi connectivity index (χ4v) is 1.21. The summed E-state index contributed by atoms with van der Waals surface area (Å²) in [5.74, 6) is 0. The Hall–Kier alpha value is -0.0800. The van der Waals surface area contributed by atoms with Crippen LogP contribution in [0.15, 0.2) is 0 Å². The molecule has 1 N–H and O–H groups in total. The molecule has 88 valence electrons. The first-order chi connectivity index (χ1) is 6.76. The second-order valence-electron chi connectivity index (χ2n) is 3.40. The molecule has 0 saturated carbocycles. The van der Waals surface area contributed by atoms with Crippen molar-refractivity contribution in [2.24, 2.45) is 0 Å². The van der Waals surface area contributed by atoms with E-state index >= 15 is 0 Å². The lowest BCUT2D eigenvalue weighted by atomic mass is 10.2. The third kappa shape index (κ3) is 14.4. The van der Waals surface area contributed by atoms with Gasteiger partial charge < -0.3 is 10.0 Å². The summed E-state index contributed by atoms with van der Waals surface area (Å²) in [5.41, 5.74) is 0. The van der Waals surface area contributed by atoms with E-state index in [9.17, 15) is 0 Å². The maximum atomic E-state index is 8.29. The van der Waals surface area contributed by atoms with Crippen molar-refractivity contribution in [3.8, 4) is 0 Å². The van der Waals surface area contributed by atoms with E-state index in [0.717, 1.165) is 6.42 Å². The number of hydrogen-bond acceptors (Lipinski definition) is 2. The lowest BCUT2D eigenvalue weighted by Crippen LogP contribution is -2.21. The number of aliphatic hydroxyl groups is 1. The molecule has 0 saturated heterocycles. The van der Waals surface area contributed by atoms with Crippen LogP contribution < -0.4 is 0 Å². The van der Waals surface area contributed by atoms with Crippen LogP contribution in [0.4, 0.5) is 0 Å². The highest BCUT2D eigenvalue weighted by atomic mass is 16.2. The molecule has 0 aromatic carbocycles. The summed E-state index contributed by atoms with van der Waals surface area (Å²) in [5, 5.41) is 8.29. The SMILES string of the molecule is CCCCCCO.CCN(CC)CC. The van der Waals surface area contributed by atoms with Crippen molar-refractivity contribution in [1.82, 2.24) is 4.90 Å². The summed E-state index contributed by atoms with van der Waals surface area (Å²) < 4.78 is 0. The standard InChI is InChI=1S/C6H15N.C6H14O/c1-4-7(5-2)6-3;1-2-3-4-5-6-7/h4-6H2,1-3H3;7H,2-6H2,1H3. The van der Waals surface area contributed by atoms with Crippen LogP contribution in [0.1, 0.15) is 53.4 Å². The molecule has 0 aromatic heterocycles. The molecule has 0 aliphatic carbocycles. The highest BCUT2D eigenvalue weighted by molar-refractivity contribution is 4.43. The molecule has 0 bridgehead atoms. The maximum absolute atomic E-state index is 8.29. The van der Waals surface area contributed by atoms with E-state index < -0.39 is 0 Å². The predicted octanol–water partition coefficient (Wildman–Crippen LogP) is 2.91. The summed E-state index contributed by atoms with van der Waals surface area (Å²) in [6, 6.07) is 0. The number of aliphatic hydroxyl groups excluding tert-OH is 1. The van der Waals surface area contributed by atoms with E-state index in [1.807, 2.05) is 0 Å². The van der Waals surface area contributed by atoms with Gasteiger partial charge in [0.05, 0.1) is 0 Å². The summed E-state index contributed by atoms with van der Waals surface area (Å²) in [7, 11) is 0. The molecule has 14 heavy (non-hydrogen) atoms. The largest absolute Gasteiger partial charge is 0.396 e. The molecule has 0 atom stereocenters. The summed E-state index contributed by atoms with van der Waals surface area (Å²) in [6.45, 7) is 12.7. The fourth-order valence-electron chi connectivity index (χ4n) is 1.21. The molecule has 0 amide bonds. The average Bonchev–Trinajstić information content (AvgIpc) is 2.22. The highest BCUT2D eigenvalue weighted by Gasteiger charge is 1.89. The minimum absolute atomic E-state index is 0.361. The Morgan fingerprint density at radius 1 is 0.786 bits per heavy atom. The molecule has 2 nitrogen and oxygen atoms in total. The van der Waals surface area contributed by atoms with Crippen molar-refractivity contribution in [3.05, 3.63) is 0 Å². The zero-order chi connectivity index (χ0) is 11.2. The first-order valence-corrected chi connectivity index (χ1v) is 6.09.